The Labute approximate surface area is 553 Å². The van der Waals surface area contributed by atoms with Gasteiger partial charge < -0.3 is 18.0 Å². The van der Waals surface area contributed by atoms with E-state index in [4.69, 9.17) is 18.0 Å². The molecule has 5 heterocycles. The van der Waals surface area contributed by atoms with Crippen LogP contribution in [0.5, 0.6) is 0 Å². The number of fused-ring (bicyclic) bond motifs is 2. The molecule has 11 nitrogen and oxygen atoms in total. The monoisotopic (exact) mass is 1270 g/mol. The molecule has 0 saturated heterocycles. The van der Waals surface area contributed by atoms with Gasteiger partial charge in [-0.1, -0.05) is 233 Å². The molecule has 1 unspecified atom stereocenters. The van der Waals surface area contributed by atoms with Gasteiger partial charge in [0.25, 0.3) is 0 Å². The molecule has 0 spiro atoms. The highest BCUT2D eigenvalue weighted by atomic mass is 32.1. The van der Waals surface area contributed by atoms with Crippen LogP contribution in [0.4, 0.5) is 4.39 Å². The first kappa shape index (κ1) is 79.3. The number of nitrogens with zero attached hydrogens (tertiary/aromatic N) is 5. The van der Waals surface area contributed by atoms with Gasteiger partial charge in [0.2, 0.25) is 0 Å². The van der Waals surface area contributed by atoms with Gasteiger partial charge in [-0.2, -0.15) is 0 Å². The predicted molar refractivity (Wildman–Crippen MR) is 382 cm³/mol. The summed E-state index contributed by atoms with van der Waals surface area (Å²) >= 11 is 1.68. The highest BCUT2D eigenvalue weighted by molar-refractivity contribution is 7.13. The summed E-state index contributed by atoms with van der Waals surface area (Å²) in [4.78, 5) is 28.5. The molecule has 1 aliphatic rings. The van der Waals surface area contributed by atoms with Gasteiger partial charge in [-0.15, -0.1) is 16.4 Å². The Kier molecular flexibility index (Phi) is 30.8. The molecule has 1 saturated carbocycles. The zero-order valence-corrected chi connectivity index (χ0v) is 61.9. The van der Waals surface area contributed by atoms with E-state index in [0.717, 1.165) is 76.8 Å². The number of thiophene rings is 1. The van der Waals surface area contributed by atoms with E-state index in [1.54, 1.807) is 34.1 Å². The number of hydrogen-bond acceptors (Lipinski definition) is 10. The Morgan fingerprint density at radius 2 is 1.35 bits per heavy atom. The van der Waals surface area contributed by atoms with Gasteiger partial charge in [-0.05, 0) is 149 Å². The third kappa shape index (κ3) is 30.6. The van der Waals surface area contributed by atoms with E-state index >= 15 is 0 Å². The number of aryl methyl sites for hydroxylation is 1. The number of hydrogen-bond donors (Lipinski definition) is 0. The Bertz CT molecular complexity index is 3360. The van der Waals surface area contributed by atoms with E-state index in [2.05, 4.69) is 213 Å². The summed E-state index contributed by atoms with van der Waals surface area (Å²) in [5, 5.41) is 10.3. The third-order valence-electron chi connectivity index (χ3n) is 15.0. The van der Waals surface area contributed by atoms with Crippen molar-refractivity contribution in [2.75, 3.05) is 6.61 Å². The number of halogens is 1. The van der Waals surface area contributed by atoms with Gasteiger partial charge >= 0.3 is 5.76 Å². The smallest absolute Gasteiger partial charge is 0.419 e. The molecule has 0 aliphatic heterocycles. The Balaban J connectivity index is 0.000000279. The summed E-state index contributed by atoms with van der Waals surface area (Å²) in [6.45, 7) is 56.9. The number of oxazole rings is 2. The lowest BCUT2D eigenvalue weighted by atomic mass is 9.84. The first-order valence-corrected chi connectivity index (χ1v) is 34.2. The fraction of sp³-hybridized carbons (Fsp3) is 0.603. The molecule has 8 aromatic rings. The summed E-state index contributed by atoms with van der Waals surface area (Å²) in [6.07, 6.45) is 14.2. The van der Waals surface area contributed by atoms with Gasteiger partial charge in [0.15, 0.2) is 29.3 Å². The number of ketones is 1. The predicted octanol–water partition coefficient (Wildman–Crippen LogP) is 22.9. The number of para-hydroxylation sites is 2. The summed E-state index contributed by atoms with van der Waals surface area (Å²) in [7, 11) is 0. The van der Waals surface area contributed by atoms with Crippen molar-refractivity contribution in [3.05, 3.63) is 148 Å². The molecule has 3 aromatic carbocycles. The number of rotatable bonds is 12. The Hall–Kier alpha value is -5.92. The van der Waals surface area contributed by atoms with Crippen LogP contribution in [0.25, 0.3) is 32.8 Å². The molecular formula is C78H120FN5O6S. The molecule has 91 heavy (non-hydrogen) atoms. The van der Waals surface area contributed by atoms with Crippen LogP contribution >= 0.6 is 11.3 Å². The molecule has 0 N–H and O–H groups in total. The van der Waals surface area contributed by atoms with Gasteiger partial charge in [0, 0.05) is 31.5 Å². The highest BCUT2D eigenvalue weighted by Crippen LogP contribution is 2.36. The SMILES string of the molecule is CC(C)(C)CC1CCCC1.CC(C)(C)CCCC(=O)c1ccco1.CC(C)(C)Cc1ccccc1F.CC(C)(C)Cn1c(=O)oc2ccccc21.CC(C)(C)c1ncoc1-c1cccs1.CC(C)COC(C)C(C)(C)C.CCn1nnc2cc(C(C)(C)C)ccc21. The van der Waals surface area contributed by atoms with Crippen LogP contribution < -0.4 is 5.76 Å². The first-order valence-electron chi connectivity index (χ1n) is 33.3. The fourth-order valence-corrected chi connectivity index (χ4v) is 10.6. The maximum Gasteiger partial charge on any atom is 0.419 e. The Morgan fingerprint density at radius 3 is 1.87 bits per heavy atom. The van der Waals surface area contributed by atoms with Crippen molar-refractivity contribution < 1.29 is 27.2 Å². The molecular weight excluding hydrogens is 1150 g/mol. The summed E-state index contributed by atoms with van der Waals surface area (Å²) in [5.74, 6) is 2.84. The zero-order chi connectivity index (χ0) is 68.8. The second-order valence-electron chi connectivity index (χ2n) is 32.9. The maximum atomic E-state index is 13.1. The summed E-state index contributed by atoms with van der Waals surface area (Å²) in [5.41, 5.74) is 8.35. The minimum absolute atomic E-state index is 0.0341. The molecule has 1 atom stereocenters. The molecule has 0 bridgehead atoms. The number of furan rings is 1. The molecule has 0 radical (unpaired) electrons. The van der Waals surface area contributed by atoms with Crippen molar-refractivity contribution in [3.8, 4) is 10.6 Å². The van der Waals surface area contributed by atoms with E-state index in [-0.39, 0.29) is 44.4 Å². The molecule has 1 aliphatic carbocycles. The van der Waals surface area contributed by atoms with Gasteiger partial charge in [-0.3, -0.25) is 9.36 Å². The van der Waals surface area contributed by atoms with Crippen molar-refractivity contribution in [1.29, 1.82) is 0 Å². The number of Topliss-reactive ketones (excluding diaryl/α,β-unsaturated/α-hetero) is 1. The minimum Gasteiger partial charge on any atom is -0.461 e. The van der Waals surface area contributed by atoms with E-state index in [1.165, 1.54) is 56.4 Å². The molecule has 13 heteroatoms. The van der Waals surface area contributed by atoms with Gasteiger partial charge in [0.1, 0.15) is 11.3 Å². The van der Waals surface area contributed by atoms with Crippen molar-refractivity contribution in [1.82, 2.24) is 24.5 Å². The highest BCUT2D eigenvalue weighted by Gasteiger charge is 2.25. The molecule has 0 amide bonds. The lowest BCUT2D eigenvalue weighted by Gasteiger charge is -2.27. The van der Waals surface area contributed by atoms with Gasteiger partial charge in [0.05, 0.1) is 34.0 Å². The number of benzene rings is 3. The van der Waals surface area contributed by atoms with E-state index in [9.17, 15) is 14.0 Å². The minimum atomic E-state index is -0.272. The topological polar surface area (TPSA) is 131 Å². The summed E-state index contributed by atoms with van der Waals surface area (Å²) < 4.78 is 38.0. The average molecular weight is 1270 g/mol. The lowest BCUT2D eigenvalue weighted by Crippen LogP contribution is -2.27. The first-order chi connectivity index (χ1) is 42.0. The molecule has 506 valence electrons. The molecule has 9 rings (SSSR count). The van der Waals surface area contributed by atoms with Crippen molar-refractivity contribution in [2.45, 2.75) is 261 Å². The largest absolute Gasteiger partial charge is 0.461 e. The standard InChI is InChI=1S/C12H17N3.C12H15NO2.C12H18O2.C11H15F.C11H13NOS.C10H22O.C10H20/c1-5-15-11-7-6-9(12(2,3)4)8-10(11)13-14-15;1-12(2,3)8-13-9-6-4-5-7-10(9)15-11(13)14;1-12(2,3)8-4-6-10(13)11-7-5-9-14-11;1-11(2,3)8-9-6-4-5-7-10(9)12;1-11(2,3)10-9(13-7-12-10)8-5-4-6-14-8;1-8(2)7-11-9(3)10(4,5)6;1-10(2,3)8-9-6-4-5-7-9/h6-8H,5H2,1-4H3;4-7H,8H2,1-3H3;5,7,9H,4,6,8H2,1-3H3;4-7H,8H2,1-3H3;4-7H,1-3H3;8-9H,7H2,1-6H3;9H,4-8H2,1-3H3. The van der Waals surface area contributed by atoms with E-state index in [1.807, 2.05) is 52.5 Å². The van der Waals surface area contributed by atoms with Crippen LogP contribution in [0.1, 0.15) is 252 Å². The normalized spacial score (nSPS) is 13.5. The fourth-order valence-electron chi connectivity index (χ4n) is 9.89. The molecule has 5 aromatic heterocycles. The van der Waals surface area contributed by atoms with Crippen LogP contribution in [0.2, 0.25) is 0 Å². The van der Waals surface area contributed by atoms with Crippen LogP contribution in [0, 0.1) is 44.7 Å². The second-order valence-corrected chi connectivity index (χ2v) is 33.8. The average Bonchev–Trinajstić information content (AvgIpc) is 1.74. The lowest BCUT2D eigenvalue weighted by molar-refractivity contribution is -0.0169. The number of carbonyl (C=O) groups excluding carboxylic acids is 1. The van der Waals surface area contributed by atoms with Crippen molar-refractivity contribution in [3.63, 3.8) is 0 Å². The van der Waals surface area contributed by atoms with Crippen LogP contribution in [0.15, 0.2) is 127 Å². The summed E-state index contributed by atoms with van der Waals surface area (Å²) in [6, 6.07) is 28.4. The van der Waals surface area contributed by atoms with Crippen molar-refractivity contribution in [2.24, 2.45) is 38.9 Å². The second kappa shape index (κ2) is 35.4. The van der Waals surface area contributed by atoms with Gasteiger partial charge in [-0.25, -0.2) is 18.9 Å². The zero-order valence-electron chi connectivity index (χ0n) is 61.1. The molecule has 1 fully saturated rings. The van der Waals surface area contributed by atoms with Crippen LogP contribution in [0.3, 0.4) is 0 Å². The number of carbonyl (C=O) groups is 1. The van der Waals surface area contributed by atoms with E-state index in [0.29, 0.717) is 47.2 Å². The third-order valence-corrected chi connectivity index (χ3v) is 15.9. The Morgan fingerprint density at radius 1 is 0.714 bits per heavy atom. The number of aromatic nitrogens is 5. The van der Waals surface area contributed by atoms with E-state index < -0.39 is 0 Å². The van der Waals surface area contributed by atoms with Crippen molar-refractivity contribution >= 4 is 39.3 Å². The van der Waals surface area contributed by atoms with Crippen LogP contribution in [-0.2, 0) is 35.1 Å². The van der Waals surface area contributed by atoms with Crippen LogP contribution in [-0.4, -0.2) is 43.0 Å². The quantitative estimate of drug-likeness (QED) is 0.110. The maximum absolute atomic E-state index is 13.1. The number of ether oxygens (including phenoxy) is 1.